The second-order valence-corrected chi connectivity index (χ2v) is 5.40. The summed E-state index contributed by atoms with van der Waals surface area (Å²) in [6, 6.07) is 6.76. The lowest BCUT2D eigenvalue weighted by Crippen LogP contribution is -2.25. The molecule has 1 N–H and O–H groups in total. The van der Waals surface area contributed by atoms with Crippen molar-refractivity contribution in [3.8, 4) is 0 Å². The Labute approximate surface area is 104 Å². The third-order valence-electron chi connectivity index (χ3n) is 3.99. The summed E-state index contributed by atoms with van der Waals surface area (Å²) < 4.78 is 0. The number of para-hydroxylation sites is 1. The molecular formula is C15H22N2. The van der Waals surface area contributed by atoms with E-state index in [1.165, 1.54) is 49.2 Å². The molecule has 0 aromatic heterocycles. The van der Waals surface area contributed by atoms with Crippen molar-refractivity contribution in [3.05, 3.63) is 29.3 Å². The van der Waals surface area contributed by atoms with Crippen LogP contribution in [0.1, 0.15) is 30.9 Å². The van der Waals surface area contributed by atoms with Gasteiger partial charge in [0.2, 0.25) is 0 Å². The quantitative estimate of drug-likeness (QED) is 0.836. The molecule has 0 amide bonds. The van der Waals surface area contributed by atoms with Crippen molar-refractivity contribution in [1.82, 2.24) is 4.90 Å². The zero-order valence-corrected chi connectivity index (χ0v) is 10.7. The standard InChI is InChI=1S/C15H22N2/c1-2-17(10-12-6-7-12)11-14-5-3-4-13-8-9-16-15(13)14/h3-5,12,16H,2,6-11H2,1H3. The Kier molecular flexibility index (Phi) is 3.06. The maximum Gasteiger partial charge on any atom is 0.0419 e. The molecule has 3 rings (SSSR count). The van der Waals surface area contributed by atoms with Crippen molar-refractivity contribution >= 4 is 5.69 Å². The first-order chi connectivity index (χ1) is 8.36. The van der Waals surface area contributed by atoms with Crippen molar-refractivity contribution in [2.24, 2.45) is 5.92 Å². The molecule has 1 aromatic carbocycles. The first-order valence-corrected chi connectivity index (χ1v) is 6.94. The van der Waals surface area contributed by atoms with E-state index in [2.05, 4.69) is 35.3 Å². The normalized spacial score (nSPS) is 18.2. The summed E-state index contributed by atoms with van der Waals surface area (Å²) in [5.41, 5.74) is 4.41. The summed E-state index contributed by atoms with van der Waals surface area (Å²) >= 11 is 0. The lowest BCUT2D eigenvalue weighted by molar-refractivity contribution is 0.269. The zero-order chi connectivity index (χ0) is 11.7. The lowest BCUT2D eigenvalue weighted by atomic mass is 10.1. The van der Waals surface area contributed by atoms with Gasteiger partial charge in [-0.3, -0.25) is 4.90 Å². The van der Waals surface area contributed by atoms with Gasteiger partial charge in [0, 0.05) is 25.3 Å². The van der Waals surface area contributed by atoms with Crippen LogP contribution in [-0.4, -0.2) is 24.5 Å². The minimum atomic E-state index is 0.986. The Morgan fingerprint density at radius 3 is 3.00 bits per heavy atom. The molecule has 92 valence electrons. The Hall–Kier alpha value is -1.02. The molecule has 1 aliphatic carbocycles. The van der Waals surface area contributed by atoms with E-state index < -0.39 is 0 Å². The molecule has 0 saturated heterocycles. The molecule has 0 radical (unpaired) electrons. The summed E-state index contributed by atoms with van der Waals surface area (Å²) in [6.45, 7) is 6.96. The van der Waals surface area contributed by atoms with Crippen molar-refractivity contribution in [2.75, 3.05) is 25.0 Å². The third kappa shape index (κ3) is 2.47. The maximum absolute atomic E-state index is 3.54. The average Bonchev–Trinajstić information content (AvgIpc) is 3.03. The highest BCUT2D eigenvalue weighted by molar-refractivity contribution is 5.61. The van der Waals surface area contributed by atoms with Crippen molar-refractivity contribution in [2.45, 2.75) is 32.7 Å². The number of hydrogen-bond acceptors (Lipinski definition) is 2. The topological polar surface area (TPSA) is 15.3 Å². The van der Waals surface area contributed by atoms with E-state index in [1.807, 2.05) is 0 Å². The van der Waals surface area contributed by atoms with Crippen LogP contribution >= 0.6 is 0 Å². The number of hydrogen-bond donors (Lipinski definition) is 1. The van der Waals surface area contributed by atoms with Crippen LogP contribution in [0.25, 0.3) is 0 Å². The molecule has 1 aliphatic heterocycles. The average molecular weight is 230 g/mol. The van der Waals surface area contributed by atoms with Crippen LogP contribution in [0.5, 0.6) is 0 Å². The van der Waals surface area contributed by atoms with Crippen LogP contribution in [0.3, 0.4) is 0 Å². The number of benzene rings is 1. The van der Waals surface area contributed by atoms with E-state index in [4.69, 9.17) is 0 Å². The SMILES string of the molecule is CCN(Cc1cccc2c1NCC2)CC1CC1. The molecule has 1 heterocycles. The van der Waals surface area contributed by atoms with Gasteiger partial charge in [-0.15, -0.1) is 0 Å². The fourth-order valence-electron chi connectivity index (χ4n) is 2.75. The molecule has 17 heavy (non-hydrogen) atoms. The van der Waals surface area contributed by atoms with Crippen LogP contribution in [-0.2, 0) is 13.0 Å². The van der Waals surface area contributed by atoms with E-state index >= 15 is 0 Å². The minimum Gasteiger partial charge on any atom is -0.384 e. The first-order valence-electron chi connectivity index (χ1n) is 6.94. The molecule has 2 heteroatoms. The van der Waals surface area contributed by atoms with Gasteiger partial charge in [0.1, 0.15) is 0 Å². The van der Waals surface area contributed by atoms with Gasteiger partial charge in [-0.05, 0) is 42.9 Å². The Balaban J connectivity index is 1.72. The van der Waals surface area contributed by atoms with Gasteiger partial charge in [-0.25, -0.2) is 0 Å². The highest BCUT2D eigenvalue weighted by atomic mass is 15.1. The highest BCUT2D eigenvalue weighted by Crippen LogP contribution is 2.31. The molecule has 2 aliphatic rings. The van der Waals surface area contributed by atoms with Gasteiger partial charge in [0.25, 0.3) is 0 Å². The maximum atomic E-state index is 3.54. The van der Waals surface area contributed by atoms with Gasteiger partial charge in [-0.1, -0.05) is 25.1 Å². The molecule has 0 atom stereocenters. The van der Waals surface area contributed by atoms with Crippen LogP contribution < -0.4 is 5.32 Å². The van der Waals surface area contributed by atoms with E-state index in [1.54, 1.807) is 0 Å². The number of rotatable bonds is 5. The van der Waals surface area contributed by atoms with Gasteiger partial charge in [-0.2, -0.15) is 0 Å². The van der Waals surface area contributed by atoms with Gasteiger partial charge >= 0.3 is 0 Å². The van der Waals surface area contributed by atoms with Gasteiger partial charge in [0.15, 0.2) is 0 Å². The van der Waals surface area contributed by atoms with Gasteiger partial charge < -0.3 is 5.32 Å². The zero-order valence-electron chi connectivity index (χ0n) is 10.7. The van der Waals surface area contributed by atoms with Crippen molar-refractivity contribution < 1.29 is 0 Å². The molecular weight excluding hydrogens is 208 g/mol. The third-order valence-corrected chi connectivity index (χ3v) is 3.99. The van der Waals surface area contributed by atoms with Crippen LogP contribution in [0.15, 0.2) is 18.2 Å². The number of nitrogens with zero attached hydrogens (tertiary/aromatic N) is 1. The molecule has 1 fully saturated rings. The number of anilines is 1. The molecule has 2 nitrogen and oxygen atoms in total. The summed E-state index contributed by atoms with van der Waals surface area (Å²) in [5, 5.41) is 3.54. The van der Waals surface area contributed by atoms with E-state index in [0.29, 0.717) is 0 Å². The largest absolute Gasteiger partial charge is 0.384 e. The smallest absolute Gasteiger partial charge is 0.0419 e. The van der Waals surface area contributed by atoms with Crippen molar-refractivity contribution in [3.63, 3.8) is 0 Å². The molecule has 0 bridgehead atoms. The van der Waals surface area contributed by atoms with Crippen LogP contribution in [0, 0.1) is 5.92 Å². The summed E-state index contributed by atoms with van der Waals surface area (Å²) in [7, 11) is 0. The highest BCUT2D eigenvalue weighted by Gasteiger charge is 2.24. The molecule has 0 unspecified atom stereocenters. The lowest BCUT2D eigenvalue weighted by Gasteiger charge is -2.21. The fraction of sp³-hybridized carbons (Fsp3) is 0.600. The number of nitrogens with one attached hydrogen (secondary N) is 1. The Bertz CT molecular complexity index is 396. The molecule has 0 spiro atoms. The molecule has 1 aromatic rings. The van der Waals surface area contributed by atoms with E-state index in [-0.39, 0.29) is 0 Å². The van der Waals surface area contributed by atoms with Gasteiger partial charge in [0.05, 0.1) is 0 Å². The molecule has 1 saturated carbocycles. The van der Waals surface area contributed by atoms with E-state index in [0.717, 1.165) is 19.0 Å². The number of fused-ring (bicyclic) bond motifs is 1. The summed E-state index contributed by atoms with van der Waals surface area (Å²) in [6.07, 6.45) is 4.08. The van der Waals surface area contributed by atoms with Crippen LogP contribution in [0.2, 0.25) is 0 Å². The summed E-state index contributed by atoms with van der Waals surface area (Å²) in [5.74, 6) is 0.986. The second-order valence-electron chi connectivity index (χ2n) is 5.40. The minimum absolute atomic E-state index is 0.986. The Morgan fingerprint density at radius 2 is 2.24 bits per heavy atom. The predicted octanol–water partition coefficient (Wildman–Crippen LogP) is 2.89. The monoisotopic (exact) mass is 230 g/mol. The van der Waals surface area contributed by atoms with Crippen molar-refractivity contribution in [1.29, 1.82) is 0 Å². The predicted molar refractivity (Wildman–Crippen MR) is 72.3 cm³/mol. The van der Waals surface area contributed by atoms with Crippen LogP contribution in [0.4, 0.5) is 5.69 Å². The second kappa shape index (κ2) is 4.69. The van der Waals surface area contributed by atoms with E-state index in [9.17, 15) is 0 Å². The first kappa shape index (κ1) is 11.1. The fourth-order valence-corrected chi connectivity index (χ4v) is 2.75. The summed E-state index contributed by atoms with van der Waals surface area (Å²) in [4.78, 5) is 2.59. The Morgan fingerprint density at radius 1 is 1.35 bits per heavy atom.